The van der Waals surface area contributed by atoms with Gasteiger partial charge in [0.15, 0.2) is 5.75 Å². The smallest absolute Gasteiger partial charge is 0.255 e. The Labute approximate surface area is 147 Å². The first-order valence-electron chi connectivity index (χ1n) is 8.90. The predicted octanol–water partition coefficient (Wildman–Crippen LogP) is 2.38. The van der Waals surface area contributed by atoms with E-state index in [9.17, 15) is 4.79 Å². The number of fused-ring (bicyclic) bond motifs is 4. The van der Waals surface area contributed by atoms with Gasteiger partial charge in [0, 0.05) is 24.2 Å². The molecule has 4 aliphatic rings. The lowest BCUT2D eigenvalue weighted by Crippen LogP contribution is -2.57. The minimum Gasteiger partial charge on any atom is -0.489 e. The van der Waals surface area contributed by atoms with E-state index in [0.717, 1.165) is 38.4 Å². The molecule has 1 atom stereocenters. The van der Waals surface area contributed by atoms with E-state index in [0.29, 0.717) is 28.9 Å². The first kappa shape index (κ1) is 16.0. The van der Waals surface area contributed by atoms with Gasteiger partial charge in [-0.2, -0.15) is 0 Å². The molecule has 1 aromatic rings. The summed E-state index contributed by atoms with van der Waals surface area (Å²) < 4.78 is 5.84. The molecule has 1 N–H and O–H groups in total. The molecule has 24 heavy (non-hydrogen) atoms. The molecule has 3 saturated heterocycles. The third-order valence-electron chi connectivity index (χ3n) is 5.58. The molecule has 0 saturated carbocycles. The number of ether oxygens (including phenoxy) is 1. The summed E-state index contributed by atoms with van der Waals surface area (Å²) in [6.45, 7) is 7.69. The summed E-state index contributed by atoms with van der Waals surface area (Å²) in [5, 5.41) is 3.82. The molecule has 0 spiro atoms. The zero-order valence-corrected chi connectivity index (χ0v) is 14.8. The molecule has 4 aliphatic heterocycles. The maximum atomic E-state index is 12.9. The zero-order chi connectivity index (χ0) is 16.7. The van der Waals surface area contributed by atoms with Crippen LogP contribution in [0.3, 0.4) is 0 Å². The van der Waals surface area contributed by atoms with E-state index in [1.165, 1.54) is 12.8 Å². The number of anilines is 1. The van der Waals surface area contributed by atoms with Gasteiger partial charge < -0.3 is 19.9 Å². The molecule has 5 nitrogen and oxygen atoms in total. The third kappa shape index (κ3) is 2.84. The summed E-state index contributed by atoms with van der Waals surface area (Å²) in [5.74, 6) is 1.21. The van der Waals surface area contributed by atoms with Gasteiger partial charge in [-0.1, -0.05) is 11.6 Å². The van der Waals surface area contributed by atoms with Gasteiger partial charge in [-0.25, -0.2) is 0 Å². The number of likely N-dealkylation sites (N-methyl/N-ethyl adjacent to an activating group) is 1. The van der Waals surface area contributed by atoms with Gasteiger partial charge in [0.25, 0.3) is 5.91 Å². The lowest BCUT2D eigenvalue weighted by molar-refractivity contribution is 0.0618. The van der Waals surface area contributed by atoms with Gasteiger partial charge in [-0.15, -0.1) is 0 Å². The average molecular weight is 350 g/mol. The topological polar surface area (TPSA) is 44.8 Å². The summed E-state index contributed by atoms with van der Waals surface area (Å²) in [4.78, 5) is 17.6. The molecule has 1 amide bonds. The lowest BCUT2D eigenvalue weighted by atomic mass is 9.84. The molecule has 0 aromatic heterocycles. The van der Waals surface area contributed by atoms with Gasteiger partial charge in [-0.3, -0.25) is 4.79 Å². The molecule has 6 heteroatoms. The number of rotatable bonds is 3. The van der Waals surface area contributed by atoms with E-state index >= 15 is 0 Å². The van der Waals surface area contributed by atoms with Gasteiger partial charge in [0.05, 0.1) is 17.8 Å². The van der Waals surface area contributed by atoms with Crippen molar-refractivity contribution in [2.24, 2.45) is 5.92 Å². The zero-order valence-electron chi connectivity index (χ0n) is 14.1. The van der Waals surface area contributed by atoms with Crippen LogP contribution in [0.25, 0.3) is 0 Å². The summed E-state index contributed by atoms with van der Waals surface area (Å²) >= 11 is 6.28. The minimum absolute atomic E-state index is 0.0644. The molecule has 2 bridgehead atoms. The maximum absolute atomic E-state index is 12.9. The van der Waals surface area contributed by atoms with Crippen LogP contribution in [0.1, 0.15) is 30.1 Å². The first-order chi connectivity index (χ1) is 11.7. The SMILES string of the molecule is CCN1CCOc2c(C(=O)NC3CN4CCC3CC4)cc(Cl)cc21. The number of amides is 1. The molecule has 0 radical (unpaired) electrons. The van der Waals surface area contributed by atoms with Crippen molar-refractivity contribution >= 4 is 23.2 Å². The van der Waals surface area contributed by atoms with Crippen LogP contribution in [-0.4, -0.2) is 56.2 Å². The van der Waals surface area contributed by atoms with Gasteiger partial charge >= 0.3 is 0 Å². The van der Waals surface area contributed by atoms with Gasteiger partial charge in [0.2, 0.25) is 0 Å². The Morgan fingerprint density at radius 3 is 2.79 bits per heavy atom. The number of halogens is 1. The third-order valence-corrected chi connectivity index (χ3v) is 5.80. The Hall–Kier alpha value is -1.46. The highest BCUT2D eigenvalue weighted by molar-refractivity contribution is 6.31. The van der Waals surface area contributed by atoms with E-state index in [-0.39, 0.29) is 11.9 Å². The number of carbonyl (C=O) groups is 1. The highest BCUT2D eigenvalue weighted by Crippen LogP contribution is 2.38. The van der Waals surface area contributed by atoms with Crippen molar-refractivity contribution in [3.05, 3.63) is 22.7 Å². The Bertz CT molecular complexity index is 643. The quantitative estimate of drug-likeness (QED) is 0.910. The fourth-order valence-corrected chi connectivity index (χ4v) is 4.43. The van der Waals surface area contributed by atoms with Crippen molar-refractivity contribution in [3.8, 4) is 5.75 Å². The number of benzene rings is 1. The molecule has 0 aliphatic carbocycles. The van der Waals surface area contributed by atoms with Crippen LogP contribution >= 0.6 is 11.6 Å². The van der Waals surface area contributed by atoms with Crippen LogP contribution in [0.2, 0.25) is 5.02 Å². The fraction of sp³-hybridized carbons (Fsp3) is 0.611. The summed E-state index contributed by atoms with van der Waals surface area (Å²) in [6, 6.07) is 3.86. The minimum atomic E-state index is -0.0644. The monoisotopic (exact) mass is 349 g/mol. The Morgan fingerprint density at radius 1 is 1.33 bits per heavy atom. The number of nitrogens with one attached hydrogen (secondary N) is 1. The molecular weight excluding hydrogens is 326 g/mol. The van der Waals surface area contributed by atoms with Gasteiger partial charge in [-0.05, 0) is 50.9 Å². The van der Waals surface area contributed by atoms with Crippen molar-refractivity contribution in [1.82, 2.24) is 10.2 Å². The fourth-order valence-electron chi connectivity index (χ4n) is 4.22. The van der Waals surface area contributed by atoms with E-state index in [4.69, 9.17) is 16.3 Å². The standard InChI is InChI=1S/C18H24ClN3O2/c1-2-22-7-8-24-17-14(9-13(19)10-16(17)22)18(23)20-15-11-21-5-3-12(15)4-6-21/h9-10,12,15H,2-8,11H2,1H3,(H,20,23). The first-order valence-corrected chi connectivity index (χ1v) is 9.28. The second-order valence-electron chi connectivity index (χ2n) is 6.95. The highest BCUT2D eigenvalue weighted by Gasteiger charge is 2.35. The molecule has 4 heterocycles. The van der Waals surface area contributed by atoms with Crippen LogP contribution in [0.4, 0.5) is 5.69 Å². The van der Waals surface area contributed by atoms with Crippen molar-refractivity contribution < 1.29 is 9.53 Å². The van der Waals surface area contributed by atoms with Crippen LogP contribution in [0.5, 0.6) is 5.75 Å². The predicted molar refractivity (Wildman–Crippen MR) is 95.3 cm³/mol. The second kappa shape index (κ2) is 6.45. The molecule has 1 unspecified atom stereocenters. The highest BCUT2D eigenvalue weighted by atomic mass is 35.5. The van der Waals surface area contributed by atoms with Crippen LogP contribution < -0.4 is 15.0 Å². The maximum Gasteiger partial charge on any atom is 0.255 e. The summed E-state index contributed by atoms with van der Waals surface area (Å²) in [5.41, 5.74) is 1.49. The average Bonchev–Trinajstić information content (AvgIpc) is 2.61. The molecule has 130 valence electrons. The van der Waals surface area contributed by atoms with Crippen LogP contribution in [0.15, 0.2) is 12.1 Å². The summed E-state index contributed by atoms with van der Waals surface area (Å²) in [6.07, 6.45) is 2.36. The summed E-state index contributed by atoms with van der Waals surface area (Å²) in [7, 11) is 0. The van der Waals surface area contributed by atoms with Crippen molar-refractivity contribution in [2.45, 2.75) is 25.8 Å². The van der Waals surface area contributed by atoms with Crippen LogP contribution in [0, 0.1) is 5.92 Å². The van der Waals surface area contributed by atoms with E-state index in [2.05, 4.69) is 22.0 Å². The number of hydrogen-bond donors (Lipinski definition) is 1. The van der Waals surface area contributed by atoms with E-state index in [1.807, 2.05) is 6.07 Å². The molecule has 1 aromatic carbocycles. The van der Waals surface area contributed by atoms with E-state index < -0.39 is 0 Å². The van der Waals surface area contributed by atoms with Crippen molar-refractivity contribution in [3.63, 3.8) is 0 Å². The van der Waals surface area contributed by atoms with Crippen molar-refractivity contribution in [1.29, 1.82) is 0 Å². The molecular formula is C18H24ClN3O2. The Kier molecular flexibility index (Phi) is 4.31. The van der Waals surface area contributed by atoms with Gasteiger partial charge in [0.1, 0.15) is 6.61 Å². The Balaban J connectivity index is 1.59. The molecule has 5 rings (SSSR count). The number of nitrogens with zero attached hydrogens (tertiary/aromatic N) is 2. The largest absolute Gasteiger partial charge is 0.489 e. The normalized spacial score (nSPS) is 28.2. The van der Waals surface area contributed by atoms with E-state index in [1.54, 1.807) is 6.07 Å². The Morgan fingerprint density at radius 2 is 2.12 bits per heavy atom. The number of carbonyl (C=O) groups excluding carboxylic acids is 1. The van der Waals surface area contributed by atoms with Crippen molar-refractivity contribution in [2.75, 3.05) is 44.2 Å². The second-order valence-corrected chi connectivity index (χ2v) is 7.38. The molecule has 3 fully saturated rings. The lowest BCUT2D eigenvalue weighted by Gasteiger charge is -2.45. The number of piperidine rings is 3. The number of hydrogen-bond acceptors (Lipinski definition) is 4. The van der Waals surface area contributed by atoms with Crippen LogP contribution in [-0.2, 0) is 0 Å².